The quantitative estimate of drug-likeness (QED) is 0.117. The van der Waals surface area contributed by atoms with Crippen LogP contribution in [0, 0.1) is 27.7 Å². The molecule has 0 aliphatic rings. The molecular formula is C64H54N4. The van der Waals surface area contributed by atoms with Gasteiger partial charge in [0.05, 0.1) is 17.1 Å². The van der Waals surface area contributed by atoms with Crippen LogP contribution in [0.5, 0.6) is 0 Å². The molecule has 0 amide bonds. The van der Waals surface area contributed by atoms with Crippen molar-refractivity contribution in [3.8, 4) is 33.4 Å². The third-order valence-corrected chi connectivity index (χ3v) is 12.4. The normalized spacial score (nSPS) is 10.9. The molecule has 4 heteroatoms. The van der Waals surface area contributed by atoms with Crippen LogP contribution in [0.3, 0.4) is 0 Å². The van der Waals surface area contributed by atoms with E-state index in [-0.39, 0.29) is 0 Å². The Morgan fingerprint density at radius 3 is 1.09 bits per heavy atom. The van der Waals surface area contributed by atoms with E-state index < -0.39 is 0 Å². The topological polar surface area (TPSA) is 21.8 Å². The highest BCUT2D eigenvalue weighted by atomic mass is 15.5. The van der Waals surface area contributed by atoms with E-state index >= 15 is 0 Å². The van der Waals surface area contributed by atoms with Gasteiger partial charge in [-0.25, -0.2) is 0 Å². The van der Waals surface area contributed by atoms with Crippen molar-refractivity contribution in [2.75, 3.05) is 20.2 Å². The summed E-state index contributed by atoms with van der Waals surface area (Å²) in [6, 6.07) is 89.6. The Labute approximate surface area is 401 Å². The smallest absolute Gasteiger partial charge is 0.0715 e. The zero-order valence-electron chi connectivity index (χ0n) is 39.0. The molecule has 0 unspecified atom stereocenters. The second-order valence-electron chi connectivity index (χ2n) is 17.5. The molecule has 0 spiro atoms. The summed E-state index contributed by atoms with van der Waals surface area (Å²) in [4.78, 5) is 4.71. The summed E-state index contributed by atoms with van der Waals surface area (Å²) < 4.78 is 0. The lowest BCUT2D eigenvalue weighted by Gasteiger charge is -2.31. The van der Waals surface area contributed by atoms with Crippen molar-refractivity contribution in [1.29, 1.82) is 0 Å². The van der Waals surface area contributed by atoms with Gasteiger partial charge in [0.2, 0.25) is 0 Å². The Morgan fingerprint density at radius 2 is 0.662 bits per heavy atom. The first kappa shape index (κ1) is 43.3. The highest BCUT2D eigenvalue weighted by molar-refractivity contribution is 6.02. The minimum absolute atomic E-state index is 0.982. The molecule has 0 aliphatic heterocycles. The van der Waals surface area contributed by atoms with Crippen molar-refractivity contribution in [2.24, 2.45) is 0 Å². The second kappa shape index (κ2) is 19.5. The zero-order valence-corrected chi connectivity index (χ0v) is 39.0. The van der Waals surface area contributed by atoms with E-state index in [2.05, 4.69) is 297 Å². The standard InChI is InChI=1S/C64H54N4/c1-46-18-14-28-57(42-46)66(58-29-15-19-47(2)43-58)54-36-32-51(33-37-54)63-61(50-22-8-5-9-23-50)40-41-62(68(56-26-12-7-13-27-56)65-53-24-10-6-11-25-53)64(63)52-34-38-55(39-35-52)67(59-30-16-20-48(3)44-59)60-31-17-21-49(4)45-60/h5-45,65H,1-4H3. The molecule has 0 bridgehead atoms. The summed E-state index contributed by atoms with van der Waals surface area (Å²) >= 11 is 0. The molecule has 0 aliphatic carbocycles. The van der Waals surface area contributed by atoms with Gasteiger partial charge in [-0.2, -0.15) is 0 Å². The number of anilines is 9. The lowest BCUT2D eigenvalue weighted by atomic mass is 9.86. The van der Waals surface area contributed by atoms with Gasteiger partial charge in [-0.1, -0.05) is 146 Å². The van der Waals surface area contributed by atoms with E-state index in [1.165, 1.54) is 22.3 Å². The first-order valence-corrected chi connectivity index (χ1v) is 23.3. The van der Waals surface area contributed by atoms with Gasteiger partial charge >= 0.3 is 0 Å². The Balaban J connectivity index is 1.21. The van der Waals surface area contributed by atoms with Gasteiger partial charge in [-0.05, 0) is 181 Å². The van der Waals surface area contributed by atoms with Crippen molar-refractivity contribution in [3.63, 3.8) is 0 Å². The predicted molar refractivity (Wildman–Crippen MR) is 290 cm³/mol. The number of hydrogen-bond donors (Lipinski definition) is 1. The van der Waals surface area contributed by atoms with Crippen LogP contribution in [-0.4, -0.2) is 0 Å². The fourth-order valence-corrected chi connectivity index (χ4v) is 9.23. The van der Waals surface area contributed by atoms with Gasteiger partial charge in [0, 0.05) is 39.7 Å². The number of rotatable bonds is 13. The van der Waals surface area contributed by atoms with Gasteiger partial charge in [0.15, 0.2) is 0 Å². The molecule has 10 aromatic rings. The Morgan fingerprint density at radius 1 is 0.279 bits per heavy atom. The maximum absolute atomic E-state index is 3.83. The summed E-state index contributed by atoms with van der Waals surface area (Å²) in [6.45, 7) is 8.62. The van der Waals surface area contributed by atoms with Crippen LogP contribution in [-0.2, 0) is 0 Å². The van der Waals surface area contributed by atoms with Crippen LogP contribution >= 0.6 is 0 Å². The lowest BCUT2D eigenvalue weighted by molar-refractivity contribution is 1.16. The molecule has 10 rings (SSSR count). The number of benzene rings is 10. The molecule has 0 aromatic heterocycles. The summed E-state index contributed by atoms with van der Waals surface area (Å²) in [5.74, 6) is 0. The van der Waals surface area contributed by atoms with Gasteiger partial charge < -0.3 is 9.80 Å². The Bertz CT molecular complexity index is 3200. The minimum Gasteiger partial charge on any atom is -0.310 e. The fourth-order valence-electron chi connectivity index (χ4n) is 9.23. The molecular weight excluding hydrogens is 825 g/mol. The van der Waals surface area contributed by atoms with Crippen molar-refractivity contribution >= 4 is 51.2 Å². The van der Waals surface area contributed by atoms with Crippen LogP contribution in [0.2, 0.25) is 0 Å². The average Bonchev–Trinajstić information content (AvgIpc) is 3.37. The van der Waals surface area contributed by atoms with E-state index in [9.17, 15) is 0 Å². The van der Waals surface area contributed by atoms with Gasteiger partial charge in [0.1, 0.15) is 0 Å². The van der Waals surface area contributed by atoms with Crippen LogP contribution in [0.1, 0.15) is 22.3 Å². The summed E-state index contributed by atoms with van der Waals surface area (Å²) in [5, 5.41) is 2.23. The summed E-state index contributed by atoms with van der Waals surface area (Å²) in [5.41, 5.74) is 25.0. The molecule has 0 atom stereocenters. The molecule has 0 saturated heterocycles. The number of nitrogens with one attached hydrogen (secondary N) is 1. The van der Waals surface area contributed by atoms with Crippen molar-refractivity contribution in [2.45, 2.75) is 27.7 Å². The predicted octanol–water partition coefficient (Wildman–Crippen LogP) is 18.0. The van der Waals surface area contributed by atoms with Crippen molar-refractivity contribution in [1.82, 2.24) is 0 Å². The summed E-state index contributed by atoms with van der Waals surface area (Å²) in [6.07, 6.45) is 0. The van der Waals surface area contributed by atoms with Gasteiger partial charge in [0.25, 0.3) is 0 Å². The molecule has 10 aromatic carbocycles. The molecule has 1 N–H and O–H groups in total. The van der Waals surface area contributed by atoms with E-state index in [1.807, 2.05) is 0 Å². The van der Waals surface area contributed by atoms with E-state index in [1.54, 1.807) is 0 Å². The largest absolute Gasteiger partial charge is 0.310 e. The average molecular weight is 879 g/mol. The first-order valence-electron chi connectivity index (χ1n) is 23.3. The van der Waals surface area contributed by atoms with E-state index in [4.69, 9.17) is 0 Å². The van der Waals surface area contributed by atoms with Gasteiger partial charge in [-0.3, -0.25) is 10.4 Å². The third kappa shape index (κ3) is 9.26. The SMILES string of the molecule is Cc1cccc(N(c2ccc(-c3c(-c4ccccc4)ccc(N(Nc4ccccc4)c4ccccc4)c3-c3ccc(N(c4cccc(C)c4)c4cccc(C)c4)cc3)cc2)c2cccc(C)c2)c1. The second-order valence-corrected chi connectivity index (χ2v) is 17.5. The number of aryl methyl sites for hydroxylation is 4. The monoisotopic (exact) mass is 878 g/mol. The van der Waals surface area contributed by atoms with E-state index in [0.29, 0.717) is 0 Å². The van der Waals surface area contributed by atoms with Crippen molar-refractivity contribution < 1.29 is 0 Å². The lowest BCUT2D eigenvalue weighted by Crippen LogP contribution is -2.25. The Hall–Kier alpha value is -8.60. The molecule has 330 valence electrons. The van der Waals surface area contributed by atoms with Crippen LogP contribution < -0.4 is 20.2 Å². The fraction of sp³-hybridized carbons (Fsp3) is 0.0625. The van der Waals surface area contributed by atoms with Crippen LogP contribution in [0.25, 0.3) is 33.4 Å². The molecule has 4 nitrogen and oxygen atoms in total. The maximum Gasteiger partial charge on any atom is 0.0715 e. The molecule has 0 radical (unpaired) electrons. The third-order valence-electron chi connectivity index (χ3n) is 12.4. The zero-order chi connectivity index (χ0) is 46.4. The number of hydrogen-bond acceptors (Lipinski definition) is 4. The molecule has 0 fully saturated rings. The van der Waals surface area contributed by atoms with Crippen molar-refractivity contribution in [3.05, 3.63) is 271 Å². The van der Waals surface area contributed by atoms with Crippen LogP contribution in [0.15, 0.2) is 249 Å². The highest BCUT2D eigenvalue weighted by Gasteiger charge is 2.24. The van der Waals surface area contributed by atoms with Gasteiger partial charge in [-0.15, -0.1) is 0 Å². The highest BCUT2D eigenvalue weighted by Crippen LogP contribution is 2.49. The Kier molecular flexibility index (Phi) is 12.4. The molecule has 0 heterocycles. The number of para-hydroxylation sites is 2. The van der Waals surface area contributed by atoms with E-state index in [0.717, 1.165) is 84.6 Å². The number of nitrogens with zero attached hydrogens (tertiary/aromatic N) is 3. The molecule has 0 saturated carbocycles. The number of hydrazine groups is 1. The van der Waals surface area contributed by atoms with Crippen LogP contribution in [0.4, 0.5) is 51.2 Å². The first-order chi connectivity index (χ1) is 33.4. The molecule has 68 heavy (non-hydrogen) atoms. The summed E-state index contributed by atoms with van der Waals surface area (Å²) in [7, 11) is 0. The minimum atomic E-state index is 0.982. The maximum atomic E-state index is 3.83.